The Labute approximate surface area is 138 Å². The zero-order chi connectivity index (χ0) is 14.8. The second kappa shape index (κ2) is 7.16. The van der Waals surface area contributed by atoms with Gasteiger partial charge in [0.15, 0.2) is 0 Å². The summed E-state index contributed by atoms with van der Waals surface area (Å²) in [4.78, 5) is 0. The summed E-state index contributed by atoms with van der Waals surface area (Å²) in [6.07, 6.45) is 3.47. The molecule has 1 aliphatic rings. The maximum atomic E-state index is 5.45. The fourth-order valence-electron chi connectivity index (χ4n) is 3.26. The number of benzene rings is 1. The lowest BCUT2D eigenvalue weighted by atomic mass is 9.88. The lowest BCUT2D eigenvalue weighted by Crippen LogP contribution is -2.34. The van der Waals surface area contributed by atoms with Crippen LogP contribution in [-0.4, -0.2) is 22.9 Å². The molecule has 1 unspecified atom stereocenters. The van der Waals surface area contributed by atoms with Crippen molar-refractivity contribution < 1.29 is 4.74 Å². The van der Waals surface area contributed by atoms with Gasteiger partial charge in [0.05, 0.1) is 18.4 Å². The first-order valence-corrected chi connectivity index (χ1v) is 7.55. The van der Waals surface area contributed by atoms with E-state index >= 15 is 0 Å². The van der Waals surface area contributed by atoms with Gasteiger partial charge >= 0.3 is 0 Å². The number of aromatic nitrogens is 2. The number of hydrogen-bond donors (Lipinski definition) is 1. The largest absolute Gasteiger partial charge is 0.481 e. The number of nitrogens with zero attached hydrogens (tertiary/aromatic N) is 2. The third kappa shape index (κ3) is 3.28. The summed E-state index contributed by atoms with van der Waals surface area (Å²) < 4.78 is 7.26. The van der Waals surface area contributed by atoms with Crippen molar-refractivity contribution >= 4 is 12.4 Å². The van der Waals surface area contributed by atoms with E-state index in [1.165, 1.54) is 23.1 Å². The lowest BCUT2D eigenvalue weighted by Gasteiger charge is -2.25. The molecule has 1 heterocycles. The lowest BCUT2D eigenvalue weighted by molar-refractivity contribution is 0.365. The number of ether oxygens (including phenoxy) is 1. The Morgan fingerprint density at radius 3 is 2.77 bits per heavy atom. The topological polar surface area (TPSA) is 39.1 Å². The second-order valence-electron chi connectivity index (χ2n) is 5.79. The first-order chi connectivity index (χ1) is 10.2. The highest BCUT2D eigenvalue weighted by Gasteiger charge is 2.20. The monoisotopic (exact) mass is 321 g/mol. The predicted octanol–water partition coefficient (Wildman–Crippen LogP) is 2.81. The first-order valence-electron chi connectivity index (χ1n) is 7.55. The third-order valence-corrected chi connectivity index (χ3v) is 4.40. The molecular weight excluding hydrogens is 298 g/mol. The molecule has 5 heteroatoms. The van der Waals surface area contributed by atoms with Crippen molar-refractivity contribution in [1.29, 1.82) is 0 Å². The van der Waals surface area contributed by atoms with Crippen LogP contribution in [0.3, 0.4) is 0 Å². The van der Waals surface area contributed by atoms with E-state index in [-0.39, 0.29) is 12.4 Å². The fraction of sp³-hybridized carbons (Fsp3) is 0.471. The van der Waals surface area contributed by atoms with Gasteiger partial charge in [-0.2, -0.15) is 5.10 Å². The highest BCUT2D eigenvalue weighted by molar-refractivity contribution is 5.85. The van der Waals surface area contributed by atoms with Crippen molar-refractivity contribution in [3.63, 3.8) is 0 Å². The van der Waals surface area contributed by atoms with Crippen molar-refractivity contribution in [3.05, 3.63) is 46.6 Å². The van der Waals surface area contributed by atoms with Crippen molar-refractivity contribution in [2.24, 2.45) is 7.05 Å². The van der Waals surface area contributed by atoms with Crippen LogP contribution in [0.4, 0.5) is 0 Å². The van der Waals surface area contributed by atoms with E-state index in [2.05, 4.69) is 34.7 Å². The standard InChI is InChI=1S/C17H23N3O.ClH/c1-12-16(17(21-3)20(2)19-12)11-18-15-9-8-13-6-4-5-7-14(13)10-15;/h4-7,15,18H,8-11H2,1-3H3;1H. The van der Waals surface area contributed by atoms with E-state index < -0.39 is 0 Å². The Bertz CT molecular complexity index is 639. The Hall–Kier alpha value is -1.52. The molecule has 0 radical (unpaired) electrons. The molecule has 120 valence electrons. The maximum Gasteiger partial charge on any atom is 0.216 e. The van der Waals surface area contributed by atoms with E-state index in [1.807, 2.05) is 18.7 Å². The number of methoxy groups -OCH3 is 1. The molecule has 1 aliphatic carbocycles. The summed E-state index contributed by atoms with van der Waals surface area (Å²) in [5, 5.41) is 8.11. The molecule has 1 aromatic heterocycles. The van der Waals surface area contributed by atoms with Crippen LogP contribution >= 0.6 is 12.4 Å². The summed E-state index contributed by atoms with van der Waals surface area (Å²) in [5.41, 5.74) is 5.19. The third-order valence-electron chi connectivity index (χ3n) is 4.40. The van der Waals surface area contributed by atoms with Crippen LogP contribution < -0.4 is 10.1 Å². The van der Waals surface area contributed by atoms with E-state index in [1.54, 1.807) is 7.11 Å². The minimum Gasteiger partial charge on any atom is -0.481 e. The Balaban J connectivity index is 0.00000176. The number of nitrogens with one attached hydrogen (secondary N) is 1. The summed E-state index contributed by atoms with van der Waals surface area (Å²) in [6.45, 7) is 2.85. The molecule has 4 nitrogen and oxygen atoms in total. The summed E-state index contributed by atoms with van der Waals surface area (Å²) in [5.74, 6) is 0.858. The summed E-state index contributed by atoms with van der Waals surface area (Å²) >= 11 is 0. The summed E-state index contributed by atoms with van der Waals surface area (Å²) in [6, 6.07) is 9.30. The second-order valence-corrected chi connectivity index (χ2v) is 5.79. The smallest absolute Gasteiger partial charge is 0.216 e. The van der Waals surface area contributed by atoms with E-state index in [4.69, 9.17) is 4.74 Å². The molecule has 2 aromatic rings. The van der Waals surface area contributed by atoms with Gasteiger partial charge in [-0.05, 0) is 37.3 Å². The SMILES string of the molecule is COc1c(CNC2CCc3ccccc3C2)c(C)nn1C.Cl. The van der Waals surface area contributed by atoms with Crippen LogP contribution in [0.15, 0.2) is 24.3 Å². The van der Waals surface area contributed by atoms with Crippen LogP contribution in [0.25, 0.3) is 0 Å². The highest BCUT2D eigenvalue weighted by Crippen LogP contribution is 2.24. The molecule has 0 aliphatic heterocycles. The van der Waals surface area contributed by atoms with Crippen LogP contribution in [-0.2, 0) is 26.4 Å². The summed E-state index contributed by atoms with van der Waals surface area (Å²) in [7, 11) is 3.63. The zero-order valence-electron chi connectivity index (χ0n) is 13.4. The highest BCUT2D eigenvalue weighted by atomic mass is 35.5. The molecule has 3 rings (SSSR count). The van der Waals surface area contributed by atoms with Crippen molar-refractivity contribution in [1.82, 2.24) is 15.1 Å². The number of rotatable bonds is 4. The van der Waals surface area contributed by atoms with Gasteiger partial charge in [0, 0.05) is 19.6 Å². The Morgan fingerprint density at radius 1 is 1.32 bits per heavy atom. The van der Waals surface area contributed by atoms with Gasteiger partial charge in [-0.3, -0.25) is 0 Å². The quantitative estimate of drug-likeness (QED) is 0.941. The van der Waals surface area contributed by atoms with Gasteiger partial charge in [0.1, 0.15) is 0 Å². The van der Waals surface area contributed by atoms with Crippen molar-refractivity contribution in [2.45, 2.75) is 38.8 Å². The molecule has 0 amide bonds. The van der Waals surface area contributed by atoms with E-state index in [0.717, 1.165) is 31.0 Å². The Morgan fingerprint density at radius 2 is 2.05 bits per heavy atom. The molecule has 1 aromatic carbocycles. The number of aryl methyl sites for hydroxylation is 3. The predicted molar refractivity (Wildman–Crippen MR) is 90.8 cm³/mol. The van der Waals surface area contributed by atoms with Crippen molar-refractivity contribution in [3.8, 4) is 5.88 Å². The minimum absolute atomic E-state index is 0. The average molecular weight is 322 g/mol. The van der Waals surface area contributed by atoms with Gasteiger partial charge in [-0.15, -0.1) is 12.4 Å². The molecule has 0 saturated heterocycles. The first kappa shape index (κ1) is 16.8. The fourth-order valence-corrected chi connectivity index (χ4v) is 3.26. The molecule has 0 bridgehead atoms. The molecule has 0 spiro atoms. The molecule has 1 N–H and O–H groups in total. The average Bonchev–Trinajstić information content (AvgIpc) is 2.78. The van der Waals surface area contributed by atoms with Crippen LogP contribution in [0, 0.1) is 6.92 Å². The van der Waals surface area contributed by atoms with E-state index in [0.29, 0.717) is 6.04 Å². The number of fused-ring (bicyclic) bond motifs is 1. The van der Waals surface area contributed by atoms with Crippen LogP contribution in [0.5, 0.6) is 5.88 Å². The van der Waals surface area contributed by atoms with Gasteiger partial charge in [0.2, 0.25) is 5.88 Å². The van der Waals surface area contributed by atoms with Crippen LogP contribution in [0.1, 0.15) is 28.8 Å². The number of hydrogen-bond acceptors (Lipinski definition) is 3. The maximum absolute atomic E-state index is 5.45. The zero-order valence-corrected chi connectivity index (χ0v) is 14.2. The van der Waals surface area contributed by atoms with E-state index in [9.17, 15) is 0 Å². The molecular formula is C17H24ClN3O. The number of halogens is 1. The van der Waals surface area contributed by atoms with Gasteiger partial charge in [-0.1, -0.05) is 24.3 Å². The van der Waals surface area contributed by atoms with Crippen LogP contribution in [0.2, 0.25) is 0 Å². The van der Waals surface area contributed by atoms with Gasteiger partial charge in [0.25, 0.3) is 0 Å². The van der Waals surface area contributed by atoms with Gasteiger partial charge < -0.3 is 10.1 Å². The molecule has 22 heavy (non-hydrogen) atoms. The Kier molecular flexibility index (Phi) is 5.48. The molecule has 0 saturated carbocycles. The molecule has 1 atom stereocenters. The minimum atomic E-state index is 0. The normalized spacial score (nSPS) is 16.8. The van der Waals surface area contributed by atoms with Crippen molar-refractivity contribution in [2.75, 3.05) is 7.11 Å². The molecule has 0 fully saturated rings. The van der Waals surface area contributed by atoms with Gasteiger partial charge in [-0.25, -0.2) is 4.68 Å².